The third kappa shape index (κ3) is 11.3. The van der Waals surface area contributed by atoms with Crippen LogP contribution in [0, 0.1) is 0 Å². The molecule has 0 aliphatic rings. The Morgan fingerprint density at radius 1 is 1.33 bits per heavy atom. The van der Waals surface area contributed by atoms with Crippen LogP contribution in [-0.2, 0) is 14.3 Å². The van der Waals surface area contributed by atoms with Gasteiger partial charge in [-0.3, -0.25) is 4.79 Å². The summed E-state index contributed by atoms with van der Waals surface area (Å²) in [5, 5.41) is 0. The highest BCUT2D eigenvalue weighted by molar-refractivity contribution is 5.79. The zero-order chi connectivity index (χ0) is 11.9. The summed E-state index contributed by atoms with van der Waals surface area (Å²) in [7, 11) is 0. The molecule has 0 aromatic heterocycles. The molecule has 0 aliphatic heterocycles. The van der Waals surface area contributed by atoms with Crippen LogP contribution in [0.2, 0.25) is 0 Å². The van der Waals surface area contributed by atoms with Crippen LogP contribution in [0.5, 0.6) is 0 Å². The summed E-state index contributed by atoms with van der Waals surface area (Å²) < 4.78 is 44.0. The number of hydrogen-bond acceptors (Lipinski definition) is 3. The lowest BCUT2D eigenvalue weighted by molar-refractivity contribution is -0.174. The summed E-state index contributed by atoms with van der Waals surface area (Å²) in [5.41, 5.74) is 0. The highest BCUT2D eigenvalue weighted by Gasteiger charge is 2.27. The first-order valence-corrected chi connectivity index (χ1v) is 4.59. The predicted molar refractivity (Wildman–Crippen MR) is 47.6 cm³/mol. The van der Waals surface area contributed by atoms with Crippen LogP contribution in [0.1, 0.15) is 20.3 Å². The average Bonchev–Trinajstić information content (AvgIpc) is 2.07. The van der Waals surface area contributed by atoms with Gasteiger partial charge in [0.2, 0.25) is 0 Å². The molecule has 0 aromatic rings. The second kappa shape index (κ2) is 6.79. The maximum absolute atomic E-state index is 11.6. The van der Waals surface area contributed by atoms with E-state index in [4.69, 9.17) is 4.74 Å². The Morgan fingerprint density at radius 3 is 2.40 bits per heavy atom. The largest absolute Gasteiger partial charge is 0.411 e. The van der Waals surface area contributed by atoms with Gasteiger partial charge >= 0.3 is 6.18 Å². The molecule has 0 atom stereocenters. The highest BCUT2D eigenvalue weighted by Crippen LogP contribution is 2.14. The van der Waals surface area contributed by atoms with Gasteiger partial charge in [0, 0.05) is 6.42 Å². The summed E-state index contributed by atoms with van der Waals surface area (Å²) in [6.07, 6.45) is -4.45. The van der Waals surface area contributed by atoms with Gasteiger partial charge in [0.1, 0.15) is 13.2 Å². The fourth-order valence-electron chi connectivity index (χ4n) is 0.706. The van der Waals surface area contributed by atoms with Crippen molar-refractivity contribution in [2.75, 3.05) is 19.8 Å². The summed E-state index contributed by atoms with van der Waals surface area (Å²) in [4.78, 5) is 11.0. The molecule has 0 spiro atoms. The van der Waals surface area contributed by atoms with E-state index in [-0.39, 0.29) is 31.5 Å². The van der Waals surface area contributed by atoms with Crippen molar-refractivity contribution in [3.8, 4) is 0 Å². The number of hydrogen-bond donors (Lipinski definition) is 0. The summed E-state index contributed by atoms with van der Waals surface area (Å²) in [6.45, 7) is 1.93. The third-order valence-corrected chi connectivity index (χ3v) is 1.37. The minimum absolute atomic E-state index is 0.0528. The number of alkyl halides is 3. The van der Waals surface area contributed by atoms with Crippen LogP contribution in [-0.4, -0.2) is 37.9 Å². The van der Waals surface area contributed by atoms with Gasteiger partial charge in [0.25, 0.3) is 0 Å². The average molecular weight is 228 g/mol. The van der Waals surface area contributed by atoms with Gasteiger partial charge in [-0.25, -0.2) is 0 Å². The van der Waals surface area contributed by atoms with Crippen LogP contribution < -0.4 is 0 Å². The molecule has 0 saturated heterocycles. The number of rotatable bonds is 7. The molecule has 0 rings (SSSR count). The highest BCUT2D eigenvalue weighted by atomic mass is 19.4. The van der Waals surface area contributed by atoms with Gasteiger partial charge in [0.05, 0.1) is 12.7 Å². The minimum Gasteiger partial charge on any atom is -0.372 e. The number of carbonyl (C=O) groups excluding carboxylic acids is 1. The normalized spacial score (nSPS) is 12.1. The first-order chi connectivity index (χ1) is 6.81. The number of halogens is 3. The Bertz CT molecular complexity index is 190. The van der Waals surface area contributed by atoms with E-state index in [9.17, 15) is 18.0 Å². The van der Waals surface area contributed by atoms with Crippen molar-refractivity contribution in [1.82, 2.24) is 0 Å². The number of carbonyl (C=O) groups is 1. The smallest absolute Gasteiger partial charge is 0.372 e. The van der Waals surface area contributed by atoms with Crippen molar-refractivity contribution < 1.29 is 27.4 Å². The monoisotopic (exact) mass is 228 g/mol. The van der Waals surface area contributed by atoms with Crippen LogP contribution >= 0.6 is 0 Å². The van der Waals surface area contributed by atoms with E-state index in [1.807, 2.05) is 0 Å². The quantitative estimate of drug-likeness (QED) is 0.625. The van der Waals surface area contributed by atoms with Gasteiger partial charge in [-0.1, -0.05) is 0 Å². The number of ether oxygens (including phenoxy) is 2. The Kier molecular flexibility index (Phi) is 6.51. The van der Waals surface area contributed by atoms with Gasteiger partial charge in [-0.05, 0) is 13.8 Å². The van der Waals surface area contributed by atoms with E-state index in [1.54, 1.807) is 13.8 Å². The van der Waals surface area contributed by atoms with Gasteiger partial charge in [-0.2, -0.15) is 13.2 Å². The maximum Gasteiger partial charge on any atom is 0.411 e. The van der Waals surface area contributed by atoms with E-state index < -0.39 is 12.8 Å². The van der Waals surface area contributed by atoms with Crippen molar-refractivity contribution >= 4 is 5.78 Å². The Balaban J connectivity index is 3.40. The SMILES string of the molecule is CC(C)OCC(=O)CCOCC(F)(F)F. The molecule has 0 radical (unpaired) electrons. The molecule has 0 saturated carbocycles. The van der Waals surface area contributed by atoms with E-state index in [1.165, 1.54) is 0 Å². The molecule has 0 N–H and O–H groups in total. The standard InChI is InChI=1S/C9H15F3O3/c1-7(2)15-5-8(13)3-4-14-6-9(10,11)12/h7H,3-6H2,1-2H3. The number of Topliss-reactive ketones (excluding diaryl/α,β-unsaturated/α-hetero) is 1. The van der Waals surface area contributed by atoms with Gasteiger partial charge < -0.3 is 9.47 Å². The molecule has 0 heterocycles. The van der Waals surface area contributed by atoms with Crippen molar-refractivity contribution in [1.29, 1.82) is 0 Å². The summed E-state index contributed by atoms with van der Waals surface area (Å²) >= 11 is 0. The molecule has 0 fully saturated rings. The van der Waals surface area contributed by atoms with E-state index in [0.717, 1.165) is 0 Å². The lowest BCUT2D eigenvalue weighted by Gasteiger charge is -2.08. The molecular formula is C9H15F3O3. The Morgan fingerprint density at radius 2 is 1.93 bits per heavy atom. The summed E-state index contributed by atoms with van der Waals surface area (Å²) in [6, 6.07) is 0. The number of ketones is 1. The van der Waals surface area contributed by atoms with E-state index in [2.05, 4.69) is 4.74 Å². The van der Waals surface area contributed by atoms with Crippen LogP contribution in [0.15, 0.2) is 0 Å². The van der Waals surface area contributed by atoms with Gasteiger partial charge in [0.15, 0.2) is 5.78 Å². The zero-order valence-electron chi connectivity index (χ0n) is 8.76. The van der Waals surface area contributed by atoms with Gasteiger partial charge in [-0.15, -0.1) is 0 Å². The molecule has 90 valence electrons. The zero-order valence-corrected chi connectivity index (χ0v) is 8.76. The molecule has 0 amide bonds. The first kappa shape index (κ1) is 14.4. The predicted octanol–water partition coefficient (Wildman–Crippen LogP) is 1.95. The second-order valence-electron chi connectivity index (χ2n) is 3.32. The van der Waals surface area contributed by atoms with E-state index in [0.29, 0.717) is 0 Å². The summed E-state index contributed by atoms with van der Waals surface area (Å²) in [5.74, 6) is -0.258. The Labute approximate surface area is 86.5 Å². The lowest BCUT2D eigenvalue weighted by Crippen LogP contribution is -2.20. The van der Waals surface area contributed by atoms with Crippen molar-refractivity contribution in [3.05, 3.63) is 0 Å². The first-order valence-electron chi connectivity index (χ1n) is 4.59. The molecule has 0 bridgehead atoms. The topological polar surface area (TPSA) is 35.5 Å². The van der Waals surface area contributed by atoms with Crippen molar-refractivity contribution in [2.24, 2.45) is 0 Å². The molecule has 0 unspecified atom stereocenters. The van der Waals surface area contributed by atoms with Crippen molar-refractivity contribution in [3.63, 3.8) is 0 Å². The second-order valence-corrected chi connectivity index (χ2v) is 3.32. The molecule has 3 nitrogen and oxygen atoms in total. The minimum atomic E-state index is -4.34. The third-order valence-electron chi connectivity index (χ3n) is 1.37. The maximum atomic E-state index is 11.6. The lowest BCUT2D eigenvalue weighted by atomic mass is 10.3. The molecule has 6 heteroatoms. The molecule has 15 heavy (non-hydrogen) atoms. The molecule has 0 aliphatic carbocycles. The molecular weight excluding hydrogens is 213 g/mol. The van der Waals surface area contributed by atoms with Crippen LogP contribution in [0.3, 0.4) is 0 Å². The fourth-order valence-corrected chi connectivity index (χ4v) is 0.706. The van der Waals surface area contributed by atoms with E-state index >= 15 is 0 Å². The Hall–Kier alpha value is -0.620. The van der Waals surface area contributed by atoms with Crippen LogP contribution in [0.25, 0.3) is 0 Å². The molecule has 0 aromatic carbocycles. The fraction of sp³-hybridized carbons (Fsp3) is 0.889. The van der Waals surface area contributed by atoms with Crippen molar-refractivity contribution in [2.45, 2.75) is 32.5 Å². The van der Waals surface area contributed by atoms with Crippen LogP contribution in [0.4, 0.5) is 13.2 Å².